The molecule has 0 radical (unpaired) electrons. The zero-order valence-corrected chi connectivity index (χ0v) is 10.1. The molecule has 0 aliphatic carbocycles. The number of rotatable bonds is 4. The first kappa shape index (κ1) is 12.0. The smallest absolute Gasteiger partial charge is 0.131 e. The van der Waals surface area contributed by atoms with E-state index in [1.807, 2.05) is 6.20 Å². The summed E-state index contributed by atoms with van der Waals surface area (Å²) in [6.07, 6.45) is 2.84. The number of nitrogens with zero attached hydrogens (tertiary/aromatic N) is 2. The molecule has 0 aliphatic heterocycles. The second kappa shape index (κ2) is 5.12. The molecule has 0 saturated carbocycles. The van der Waals surface area contributed by atoms with Gasteiger partial charge in [-0.2, -0.15) is 0 Å². The molecule has 1 unspecified atom stereocenters. The van der Waals surface area contributed by atoms with Crippen LogP contribution in [-0.2, 0) is 0 Å². The highest BCUT2D eigenvalue weighted by molar-refractivity contribution is 5.46. The van der Waals surface area contributed by atoms with E-state index in [2.05, 4.69) is 43.8 Å². The molecule has 1 rings (SSSR count). The average Bonchev–Trinajstić information content (AvgIpc) is 2.26. The van der Waals surface area contributed by atoms with Crippen molar-refractivity contribution < 1.29 is 0 Å². The molecule has 84 valence electrons. The second-order valence-corrected chi connectivity index (χ2v) is 3.94. The van der Waals surface area contributed by atoms with E-state index >= 15 is 0 Å². The van der Waals surface area contributed by atoms with E-state index < -0.39 is 0 Å². The summed E-state index contributed by atoms with van der Waals surface area (Å²) < 4.78 is 0. The third kappa shape index (κ3) is 2.69. The summed E-state index contributed by atoms with van der Waals surface area (Å²) >= 11 is 0. The van der Waals surface area contributed by atoms with Crippen molar-refractivity contribution in [3.05, 3.63) is 23.4 Å². The molecule has 3 nitrogen and oxygen atoms in total. The Morgan fingerprint density at radius 2 is 2.13 bits per heavy atom. The Bertz CT molecular complexity index is 323. The number of nitrogens with two attached hydrogens (primary N) is 1. The van der Waals surface area contributed by atoms with Crippen molar-refractivity contribution in [2.45, 2.75) is 33.2 Å². The predicted molar refractivity (Wildman–Crippen MR) is 65.1 cm³/mol. The molecule has 1 aromatic heterocycles. The minimum absolute atomic E-state index is 0.109. The van der Waals surface area contributed by atoms with Crippen molar-refractivity contribution >= 4 is 5.82 Å². The normalized spacial score (nSPS) is 12.6. The van der Waals surface area contributed by atoms with Crippen molar-refractivity contribution in [1.82, 2.24) is 4.98 Å². The Hall–Kier alpha value is -1.09. The van der Waals surface area contributed by atoms with Crippen molar-refractivity contribution in [1.29, 1.82) is 0 Å². The molecule has 1 heterocycles. The standard InChI is InChI=1S/C12H21N3/c1-5-11(13)10-7-9(3)12(14-8-10)15(4)6-2/h7-8,11H,5-6,13H2,1-4H3. The molecule has 0 saturated heterocycles. The maximum Gasteiger partial charge on any atom is 0.131 e. The van der Waals surface area contributed by atoms with E-state index in [0.29, 0.717) is 0 Å². The van der Waals surface area contributed by atoms with E-state index in [1.165, 1.54) is 5.56 Å². The van der Waals surface area contributed by atoms with Gasteiger partial charge in [0.1, 0.15) is 5.82 Å². The van der Waals surface area contributed by atoms with Crippen LogP contribution in [-0.4, -0.2) is 18.6 Å². The first-order valence-electron chi connectivity index (χ1n) is 5.53. The fourth-order valence-electron chi connectivity index (χ4n) is 1.58. The van der Waals surface area contributed by atoms with Gasteiger partial charge in [-0.1, -0.05) is 6.92 Å². The molecule has 0 bridgehead atoms. The van der Waals surface area contributed by atoms with Gasteiger partial charge in [0.25, 0.3) is 0 Å². The zero-order chi connectivity index (χ0) is 11.4. The van der Waals surface area contributed by atoms with Gasteiger partial charge in [-0.15, -0.1) is 0 Å². The number of pyridine rings is 1. The first-order chi connectivity index (χ1) is 7.10. The molecule has 1 aromatic rings. The van der Waals surface area contributed by atoms with Crippen molar-refractivity contribution in [3.63, 3.8) is 0 Å². The van der Waals surface area contributed by atoms with Crippen molar-refractivity contribution in [2.75, 3.05) is 18.5 Å². The second-order valence-electron chi connectivity index (χ2n) is 3.94. The third-order valence-corrected chi connectivity index (χ3v) is 2.78. The van der Waals surface area contributed by atoms with Gasteiger partial charge in [0.05, 0.1) is 0 Å². The molecule has 0 amide bonds. The SMILES string of the molecule is CCC(N)c1cnc(N(C)CC)c(C)c1. The number of anilines is 1. The van der Waals surface area contributed by atoms with Crippen LogP contribution >= 0.6 is 0 Å². The van der Waals surface area contributed by atoms with Crippen LogP contribution in [0.4, 0.5) is 5.82 Å². The zero-order valence-electron chi connectivity index (χ0n) is 10.1. The fourth-order valence-corrected chi connectivity index (χ4v) is 1.58. The lowest BCUT2D eigenvalue weighted by atomic mass is 10.1. The van der Waals surface area contributed by atoms with Crippen molar-refractivity contribution in [3.8, 4) is 0 Å². The summed E-state index contributed by atoms with van der Waals surface area (Å²) in [5.74, 6) is 1.05. The van der Waals surface area contributed by atoms with Crippen LogP contribution < -0.4 is 10.6 Å². The van der Waals surface area contributed by atoms with E-state index in [9.17, 15) is 0 Å². The van der Waals surface area contributed by atoms with E-state index in [-0.39, 0.29) is 6.04 Å². The van der Waals surface area contributed by atoms with Gasteiger partial charge in [0, 0.05) is 25.8 Å². The summed E-state index contributed by atoms with van der Waals surface area (Å²) in [5.41, 5.74) is 8.29. The fraction of sp³-hybridized carbons (Fsp3) is 0.583. The summed E-state index contributed by atoms with van der Waals surface area (Å²) in [4.78, 5) is 6.60. The van der Waals surface area contributed by atoms with Crippen LogP contribution in [0.1, 0.15) is 37.4 Å². The van der Waals surface area contributed by atoms with Crippen LogP contribution in [0.5, 0.6) is 0 Å². The van der Waals surface area contributed by atoms with Gasteiger partial charge in [-0.3, -0.25) is 0 Å². The molecule has 3 heteroatoms. The van der Waals surface area contributed by atoms with Crippen LogP contribution in [0, 0.1) is 6.92 Å². The lowest BCUT2D eigenvalue weighted by Crippen LogP contribution is -2.19. The maximum absolute atomic E-state index is 5.97. The van der Waals surface area contributed by atoms with Crippen LogP contribution in [0.25, 0.3) is 0 Å². The highest BCUT2D eigenvalue weighted by Gasteiger charge is 2.08. The van der Waals surface area contributed by atoms with Gasteiger partial charge in [-0.05, 0) is 37.5 Å². The molecular weight excluding hydrogens is 186 g/mol. The highest BCUT2D eigenvalue weighted by Crippen LogP contribution is 2.20. The Balaban J connectivity index is 2.97. The molecule has 1 atom stereocenters. The summed E-state index contributed by atoms with van der Waals surface area (Å²) in [7, 11) is 2.05. The topological polar surface area (TPSA) is 42.1 Å². The minimum Gasteiger partial charge on any atom is -0.360 e. The predicted octanol–water partition coefficient (Wildman–Crippen LogP) is 2.26. The maximum atomic E-state index is 5.97. The highest BCUT2D eigenvalue weighted by atomic mass is 15.2. The average molecular weight is 207 g/mol. The van der Waals surface area contributed by atoms with Crippen LogP contribution in [0.2, 0.25) is 0 Å². The monoisotopic (exact) mass is 207 g/mol. The summed E-state index contributed by atoms with van der Waals surface area (Å²) in [6, 6.07) is 2.25. The molecule has 0 fully saturated rings. The van der Waals surface area contributed by atoms with Gasteiger partial charge >= 0.3 is 0 Å². The van der Waals surface area contributed by atoms with E-state index in [0.717, 1.165) is 24.3 Å². The van der Waals surface area contributed by atoms with E-state index in [4.69, 9.17) is 5.73 Å². The largest absolute Gasteiger partial charge is 0.360 e. The van der Waals surface area contributed by atoms with Crippen LogP contribution in [0.15, 0.2) is 12.3 Å². The molecule has 0 aromatic carbocycles. The Morgan fingerprint density at radius 3 is 2.60 bits per heavy atom. The molecule has 15 heavy (non-hydrogen) atoms. The third-order valence-electron chi connectivity index (χ3n) is 2.78. The quantitative estimate of drug-likeness (QED) is 0.823. The molecular formula is C12H21N3. The number of hydrogen-bond donors (Lipinski definition) is 1. The van der Waals surface area contributed by atoms with Crippen LogP contribution in [0.3, 0.4) is 0 Å². The minimum atomic E-state index is 0.109. The lowest BCUT2D eigenvalue weighted by molar-refractivity contribution is 0.694. The van der Waals surface area contributed by atoms with Gasteiger partial charge in [0.15, 0.2) is 0 Å². The van der Waals surface area contributed by atoms with Gasteiger partial charge < -0.3 is 10.6 Å². The number of hydrogen-bond acceptors (Lipinski definition) is 3. The Kier molecular flexibility index (Phi) is 4.09. The number of aromatic nitrogens is 1. The van der Waals surface area contributed by atoms with Gasteiger partial charge in [0.2, 0.25) is 0 Å². The molecule has 0 spiro atoms. The lowest BCUT2D eigenvalue weighted by Gasteiger charge is -2.19. The first-order valence-corrected chi connectivity index (χ1v) is 5.53. The summed E-state index contributed by atoms with van der Waals surface area (Å²) in [6.45, 7) is 7.26. The summed E-state index contributed by atoms with van der Waals surface area (Å²) in [5, 5.41) is 0. The van der Waals surface area contributed by atoms with Crippen molar-refractivity contribution in [2.24, 2.45) is 5.73 Å². The number of aryl methyl sites for hydroxylation is 1. The molecule has 2 N–H and O–H groups in total. The van der Waals surface area contributed by atoms with Gasteiger partial charge in [-0.25, -0.2) is 4.98 Å². The Morgan fingerprint density at radius 1 is 1.47 bits per heavy atom. The molecule has 0 aliphatic rings. The van der Waals surface area contributed by atoms with E-state index in [1.54, 1.807) is 0 Å². The Labute approximate surface area is 92.3 Å².